The van der Waals surface area contributed by atoms with Gasteiger partial charge >= 0.3 is 0 Å². The van der Waals surface area contributed by atoms with Crippen LogP contribution in [0, 0.1) is 13.8 Å². The first-order valence-corrected chi connectivity index (χ1v) is 21.6. The molecule has 2 fully saturated rings. The molecule has 4 aromatic carbocycles. The molecule has 2 unspecified atom stereocenters. The molecule has 8 rings (SSSR count). The van der Waals surface area contributed by atoms with E-state index in [9.17, 15) is 0 Å². The number of carbonyl (C=O) groups is 1. The SMILES string of the molecule is Cc1c(-c2ccc(Cl)cc2)c(C(C(=O)C(c2c(-c3ccc(Cl)cc3)c(C)c(C(F)F)n2Cc2ccccc2)N2CCOCC2)N2CCOCC2)n(Cc2ccccc2)c1C(F)F. The number of benzene rings is 4. The van der Waals surface area contributed by atoms with Crippen LogP contribution >= 0.6 is 23.2 Å². The first-order chi connectivity index (χ1) is 30.0. The number of hydrogen-bond acceptors (Lipinski definition) is 5. The number of ketones is 1. The Balaban J connectivity index is 1.46. The van der Waals surface area contributed by atoms with Crippen molar-refractivity contribution in [2.75, 3.05) is 52.6 Å². The Morgan fingerprint density at radius 2 is 0.871 bits per heavy atom. The van der Waals surface area contributed by atoms with Gasteiger partial charge in [0.1, 0.15) is 12.1 Å². The highest BCUT2D eigenvalue weighted by atomic mass is 35.5. The minimum absolute atomic E-state index is 0.0513. The molecule has 2 atom stereocenters. The van der Waals surface area contributed by atoms with Crippen LogP contribution in [0.1, 0.15) is 70.0 Å². The van der Waals surface area contributed by atoms with E-state index >= 15 is 22.4 Å². The smallest absolute Gasteiger partial charge is 0.278 e. The maximum atomic E-state index is 16.7. The number of hydrogen-bond donors (Lipinski definition) is 0. The summed E-state index contributed by atoms with van der Waals surface area (Å²) >= 11 is 12.8. The minimum Gasteiger partial charge on any atom is -0.379 e. The number of halogens is 6. The van der Waals surface area contributed by atoms with Crippen LogP contribution in [0.3, 0.4) is 0 Å². The molecule has 0 spiro atoms. The van der Waals surface area contributed by atoms with Crippen molar-refractivity contribution in [2.45, 2.75) is 51.9 Å². The lowest BCUT2D eigenvalue weighted by molar-refractivity contribution is -0.134. The van der Waals surface area contributed by atoms with Gasteiger partial charge in [-0.2, -0.15) is 0 Å². The lowest BCUT2D eigenvalue weighted by Gasteiger charge is -2.41. The fraction of sp³-hybridized carbons (Fsp3) is 0.327. The molecule has 0 aliphatic carbocycles. The standard InChI is InChI=1S/C49H48Cl2F4N4O3/c1-31-39(35-13-17-37(50)18-14-35)43(58(41(31)48(52)53)29-33-9-5-3-6-10-33)45(56-21-25-61-26-22-56)47(60)46(57-23-27-62-28-24-57)44-40(36-15-19-38(51)20-16-36)32(2)42(49(54)55)59(44)30-34-11-7-4-8-12-34/h3-20,45-46,48-49H,21-30H2,1-2H3. The molecule has 0 radical (unpaired) electrons. The number of carbonyl (C=O) groups excluding carboxylic acids is 1. The Labute approximate surface area is 369 Å². The molecule has 0 bridgehead atoms. The highest BCUT2D eigenvalue weighted by Gasteiger charge is 2.45. The van der Waals surface area contributed by atoms with Crippen molar-refractivity contribution in [3.63, 3.8) is 0 Å². The normalized spacial score (nSPS) is 16.3. The predicted molar refractivity (Wildman–Crippen MR) is 236 cm³/mol. The van der Waals surface area contributed by atoms with Gasteiger partial charge < -0.3 is 18.6 Å². The van der Waals surface area contributed by atoms with Crippen molar-refractivity contribution in [3.8, 4) is 22.3 Å². The van der Waals surface area contributed by atoms with Crippen molar-refractivity contribution in [2.24, 2.45) is 0 Å². The second-order valence-electron chi connectivity index (χ2n) is 15.8. The molecule has 7 nitrogen and oxygen atoms in total. The zero-order valence-corrected chi connectivity index (χ0v) is 36.1. The van der Waals surface area contributed by atoms with Crippen LogP contribution in [-0.2, 0) is 27.4 Å². The van der Waals surface area contributed by atoms with E-state index in [0.29, 0.717) is 107 Å². The van der Waals surface area contributed by atoms with E-state index in [-0.39, 0.29) is 30.3 Å². The van der Waals surface area contributed by atoms with Gasteiger partial charge in [0.25, 0.3) is 12.9 Å². The molecule has 4 heterocycles. The number of ether oxygens (including phenoxy) is 2. The van der Waals surface area contributed by atoms with Crippen molar-refractivity contribution in [1.29, 1.82) is 0 Å². The molecule has 13 heteroatoms. The Morgan fingerprint density at radius 3 is 1.19 bits per heavy atom. The van der Waals surface area contributed by atoms with E-state index in [2.05, 4.69) is 0 Å². The molecule has 2 saturated heterocycles. The van der Waals surface area contributed by atoms with Crippen molar-refractivity contribution in [3.05, 3.63) is 164 Å². The number of rotatable bonds is 14. The maximum absolute atomic E-state index is 16.7. The third-order valence-electron chi connectivity index (χ3n) is 12.1. The highest BCUT2D eigenvalue weighted by Crippen LogP contribution is 2.48. The molecular formula is C49H48Cl2F4N4O3. The summed E-state index contributed by atoms with van der Waals surface area (Å²) in [6, 6.07) is 30.4. The summed E-state index contributed by atoms with van der Waals surface area (Å²) in [5, 5.41) is 0.941. The molecular weight excluding hydrogens is 839 g/mol. The van der Waals surface area contributed by atoms with Crippen LogP contribution in [-0.4, -0.2) is 77.3 Å². The summed E-state index contributed by atoms with van der Waals surface area (Å²) in [6.45, 7) is 5.96. The maximum Gasteiger partial charge on any atom is 0.278 e. The monoisotopic (exact) mass is 886 g/mol. The van der Waals surface area contributed by atoms with Gasteiger partial charge in [0.05, 0.1) is 49.2 Å². The first-order valence-electron chi connectivity index (χ1n) is 20.8. The summed E-state index contributed by atoms with van der Waals surface area (Å²) < 4.78 is 78.0. The number of alkyl halides is 4. The summed E-state index contributed by atoms with van der Waals surface area (Å²) in [5.41, 5.74) is 4.85. The van der Waals surface area contributed by atoms with E-state index in [1.807, 2.05) is 70.5 Å². The zero-order valence-electron chi connectivity index (χ0n) is 34.6. The van der Waals surface area contributed by atoms with Crippen LogP contribution in [0.4, 0.5) is 17.6 Å². The third-order valence-corrected chi connectivity index (χ3v) is 12.6. The van der Waals surface area contributed by atoms with Crippen LogP contribution < -0.4 is 0 Å². The zero-order chi connectivity index (χ0) is 43.5. The van der Waals surface area contributed by atoms with Crippen molar-refractivity contribution < 1.29 is 31.8 Å². The Hall–Kier alpha value is -4.75. The van der Waals surface area contributed by atoms with Gasteiger partial charge in [0.2, 0.25) is 0 Å². The van der Waals surface area contributed by atoms with E-state index in [1.54, 1.807) is 71.5 Å². The number of aromatic nitrogens is 2. The second-order valence-corrected chi connectivity index (χ2v) is 16.7. The number of morpholine rings is 2. The lowest BCUT2D eigenvalue weighted by Crippen LogP contribution is -2.49. The van der Waals surface area contributed by atoms with Crippen LogP contribution in [0.15, 0.2) is 109 Å². The van der Waals surface area contributed by atoms with Gasteiger partial charge in [-0.15, -0.1) is 0 Å². The molecule has 62 heavy (non-hydrogen) atoms. The minimum atomic E-state index is -2.90. The highest BCUT2D eigenvalue weighted by molar-refractivity contribution is 6.31. The van der Waals surface area contributed by atoms with E-state index < -0.39 is 24.9 Å². The average Bonchev–Trinajstić information content (AvgIpc) is 3.72. The summed E-state index contributed by atoms with van der Waals surface area (Å²) in [7, 11) is 0. The topological polar surface area (TPSA) is 51.9 Å². The van der Waals surface area contributed by atoms with Crippen LogP contribution in [0.5, 0.6) is 0 Å². The van der Waals surface area contributed by atoms with Gasteiger partial charge in [0, 0.05) is 60.4 Å². The van der Waals surface area contributed by atoms with E-state index in [1.165, 1.54) is 0 Å². The second kappa shape index (κ2) is 19.3. The quantitative estimate of drug-likeness (QED) is 0.102. The molecule has 0 amide bonds. The molecule has 2 aromatic heterocycles. The van der Waals surface area contributed by atoms with Crippen molar-refractivity contribution >= 4 is 29.0 Å². The Morgan fingerprint density at radius 1 is 0.532 bits per heavy atom. The summed E-state index contributed by atoms with van der Waals surface area (Å²) in [5.74, 6) is -0.334. The fourth-order valence-corrected chi connectivity index (χ4v) is 9.59. The van der Waals surface area contributed by atoms with E-state index in [0.717, 1.165) is 11.1 Å². The molecule has 324 valence electrons. The van der Waals surface area contributed by atoms with Crippen LogP contribution in [0.2, 0.25) is 10.0 Å². The van der Waals surface area contributed by atoms with E-state index in [4.69, 9.17) is 32.7 Å². The Bertz CT molecular complexity index is 2290. The molecule has 0 N–H and O–H groups in total. The summed E-state index contributed by atoms with van der Waals surface area (Å²) in [4.78, 5) is 20.7. The molecule has 2 aliphatic heterocycles. The van der Waals surface area contributed by atoms with Gasteiger partial charge in [-0.05, 0) is 71.5 Å². The molecule has 0 saturated carbocycles. The number of Topliss-reactive ketones (excluding diaryl/α,β-unsaturated/α-hetero) is 1. The third kappa shape index (κ3) is 8.89. The van der Waals surface area contributed by atoms with Gasteiger partial charge in [-0.1, -0.05) is 108 Å². The summed E-state index contributed by atoms with van der Waals surface area (Å²) in [6.07, 6.45) is -5.80. The molecule has 2 aliphatic rings. The van der Waals surface area contributed by atoms with Gasteiger partial charge in [0.15, 0.2) is 5.78 Å². The number of nitrogens with zero attached hydrogens (tertiary/aromatic N) is 4. The fourth-order valence-electron chi connectivity index (χ4n) is 9.34. The Kier molecular flexibility index (Phi) is 13.7. The molecule has 6 aromatic rings. The largest absolute Gasteiger partial charge is 0.379 e. The van der Waals surface area contributed by atoms with Crippen molar-refractivity contribution in [1.82, 2.24) is 18.9 Å². The lowest BCUT2D eigenvalue weighted by atomic mass is 9.88. The van der Waals surface area contributed by atoms with Gasteiger partial charge in [-0.25, -0.2) is 17.6 Å². The average molecular weight is 888 g/mol. The first kappa shape index (κ1) is 43.9. The predicted octanol–water partition coefficient (Wildman–Crippen LogP) is 11.5. The van der Waals surface area contributed by atoms with Crippen LogP contribution in [0.25, 0.3) is 22.3 Å². The van der Waals surface area contributed by atoms with Gasteiger partial charge in [-0.3, -0.25) is 14.6 Å².